The lowest BCUT2D eigenvalue weighted by molar-refractivity contribution is -0.139. The molecule has 3 aromatic rings. The lowest BCUT2D eigenvalue weighted by Crippen LogP contribution is -2.57. The highest BCUT2D eigenvalue weighted by Gasteiger charge is 2.52. The van der Waals surface area contributed by atoms with E-state index in [1.54, 1.807) is 7.05 Å². The number of nitrogens with one attached hydrogen (secondary N) is 3. The number of nitrogens with zero attached hydrogens (tertiary/aromatic N) is 4. The van der Waals surface area contributed by atoms with Crippen molar-refractivity contribution in [2.75, 3.05) is 20.1 Å². The number of likely N-dealkylation sites (tertiary alicyclic amines) is 2. The zero-order valence-electron chi connectivity index (χ0n) is 24.3. The molecule has 1 aromatic carbocycles. The molecule has 5 atom stereocenters. The van der Waals surface area contributed by atoms with Crippen LogP contribution in [-0.4, -0.2) is 80.5 Å². The Hall–Kier alpha value is -3.24. The van der Waals surface area contributed by atoms with E-state index in [2.05, 4.69) is 30.4 Å². The maximum atomic E-state index is 14.5. The van der Waals surface area contributed by atoms with Crippen LogP contribution in [0.3, 0.4) is 0 Å². The van der Waals surface area contributed by atoms with Crippen LogP contribution in [0, 0.1) is 11.7 Å². The number of halogens is 1. The van der Waals surface area contributed by atoms with Gasteiger partial charge in [0.1, 0.15) is 17.7 Å². The first-order valence-electron chi connectivity index (χ1n) is 15.1. The zero-order valence-corrected chi connectivity index (χ0v) is 24.3. The van der Waals surface area contributed by atoms with Crippen LogP contribution < -0.4 is 10.6 Å². The lowest BCUT2D eigenvalue weighted by atomic mass is 9.82. The quantitative estimate of drug-likeness (QED) is 0.391. The fourth-order valence-corrected chi connectivity index (χ4v) is 7.49. The van der Waals surface area contributed by atoms with Crippen molar-refractivity contribution in [3.05, 3.63) is 54.0 Å². The molecule has 10 heteroatoms. The molecule has 9 nitrogen and oxygen atoms in total. The molecular weight excluding hydrogens is 521 g/mol. The first kappa shape index (κ1) is 27.9. The number of H-pyrrole nitrogens is 1. The molecule has 1 saturated carbocycles. The molecule has 3 fully saturated rings. The number of aromatic nitrogens is 3. The predicted octanol–water partition coefficient (Wildman–Crippen LogP) is 3.28. The highest BCUT2D eigenvalue weighted by Crippen LogP contribution is 2.44. The number of likely N-dealkylation sites (N-methyl/N-ethyl adjacent to an activating group) is 1. The Balaban J connectivity index is 1.34. The molecule has 1 aliphatic carbocycles. The van der Waals surface area contributed by atoms with Crippen molar-refractivity contribution < 1.29 is 14.0 Å². The van der Waals surface area contributed by atoms with E-state index in [-0.39, 0.29) is 47.6 Å². The van der Waals surface area contributed by atoms with E-state index >= 15 is 0 Å². The minimum atomic E-state index is -0.529. The summed E-state index contributed by atoms with van der Waals surface area (Å²) >= 11 is 0. The summed E-state index contributed by atoms with van der Waals surface area (Å²) in [5.41, 5.74) is 1.88. The van der Waals surface area contributed by atoms with Gasteiger partial charge in [0, 0.05) is 61.6 Å². The highest BCUT2D eigenvalue weighted by atomic mass is 19.1. The van der Waals surface area contributed by atoms with Crippen molar-refractivity contribution in [2.24, 2.45) is 13.0 Å². The van der Waals surface area contributed by atoms with Gasteiger partial charge in [-0.2, -0.15) is 0 Å². The van der Waals surface area contributed by atoms with E-state index in [0.717, 1.165) is 60.9 Å². The summed E-state index contributed by atoms with van der Waals surface area (Å²) in [6.07, 6.45) is 11.9. The van der Waals surface area contributed by atoms with Crippen molar-refractivity contribution >= 4 is 22.7 Å². The largest absolute Gasteiger partial charge is 0.361 e. The standard InChI is InChI=1S/C31H42FN7O2/c1-19(33-2)30(40)36-28(20-7-5-4-6-8-20)31(41)39-13-11-26-29(39)24(17-38(26)18-27-34-12-14-37(27)3)23-16-35-25-15-21(32)9-10-22(23)25/h9-10,12,14-16,19-20,24,26,28-29,33,35H,4-8,11,13,17-18H2,1-3H3,(H,36,40). The number of rotatable bonds is 8. The van der Waals surface area contributed by atoms with Crippen LogP contribution in [0.15, 0.2) is 36.8 Å². The number of hydrogen-bond acceptors (Lipinski definition) is 5. The molecule has 3 aliphatic rings. The molecule has 3 N–H and O–H groups in total. The van der Waals surface area contributed by atoms with Gasteiger partial charge in [-0.25, -0.2) is 9.37 Å². The number of hydrogen-bond donors (Lipinski definition) is 3. The molecular formula is C31H42FN7O2. The van der Waals surface area contributed by atoms with Crippen LogP contribution in [0.1, 0.15) is 62.8 Å². The van der Waals surface area contributed by atoms with Crippen molar-refractivity contribution in [3.63, 3.8) is 0 Å². The Morgan fingerprint density at radius 2 is 2.00 bits per heavy atom. The van der Waals surface area contributed by atoms with Crippen LogP contribution in [0.4, 0.5) is 4.39 Å². The molecule has 4 heterocycles. The van der Waals surface area contributed by atoms with E-state index in [1.165, 1.54) is 18.6 Å². The van der Waals surface area contributed by atoms with E-state index in [4.69, 9.17) is 0 Å². The van der Waals surface area contributed by atoms with Gasteiger partial charge < -0.3 is 25.1 Å². The smallest absolute Gasteiger partial charge is 0.245 e. The van der Waals surface area contributed by atoms with E-state index in [0.29, 0.717) is 13.1 Å². The van der Waals surface area contributed by atoms with Gasteiger partial charge in [-0.3, -0.25) is 14.5 Å². The van der Waals surface area contributed by atoms with Crippen LogP contribution in [0.25, 0.3) is 10.9 Å². The molecule has 2 saturated heterocycles. The number of aryl methyl sites for hydroxylation is 1. The average Bonchev–Trinajstić information content (AvgIpc) is 3.76. The number of carbonyl (C=O) groups excluding carboxylic acids is 2. The number of benzene rings is 1. The van der Waals surface area contributed by atoms with Crippen LogP contribution >= 0.6 is 0 Å². The molecule has 6 rings (SSSR count). The fourth-order valence-electron chi connectivity index (χ4n) is 7.49. The van der Waals surface area contributed by atoms with Crippen molar-refractivity contribution in [1.82, 2.24) is 35.0 Å². The van der Waals surface area contributed by atoms with Gasteiger partial charge in [-0.15, -0.1) is 0 Å². The van der Waals surface area contributed by atoms with Gasteiger partial charge in [0.2, 0.25) is 11.8 Å². The third-order valence-corrected chi connectivity index (χ3v) is 9.87. The normalized spacial score (nSPS) is 25.0. The summed E-state index contributed by atoms with van der Waals surface area (Å²) in [6, 6.07) is 4.11. The molecule has 0 radical (unpaired) electrons. The second-order valence-corrected chi connectivity index (χ2v) is 12.2. The van der Waals surface area contributed by atoms with Crippen LogP contribution in [-0.2, 0) is 23.2 Å². The Bertz CT molecular complexity index is 1400. The van der Waals surface area contributed by atoms with E-state index < -0.39 is 6.04 Å². The van der Waals surface area contributed by atoms with Gasteiger partial charge in [0.05, 0.1) is 18.6 Å². The van der Waals surface area contributed by atoms with Gasteiger partial charge in [0.15, 0.2) is 0 Å². The second-order valence-electron chi connectivity index (χ2n) is 12.2. The summed E-state index contributed by atoms with van der Waals surface area (Å²) in [7, 11) is 3.77. The summed E-state index contributed by atoms with van der Waals surface area (Å²) < 4.78 is 16.1. The summed E-state index contributed by atoms with van der Waals surface area (Å²) in [5.74, 6) is 0.809. The molecule has 41 heavy (non-hydrogen) atoms. The van der Waals surface area contributed by atoms with E-state index in [1.807, 2.05) is 43.2 Å². The predicted molar refractivity (Wildman–Crippen MR) is 156 cm³/mol. The number of fused-ring (bicyclic) bond motifs is 2. The van der Waals surface area contributed by atoms with Crippen molar-refractivity contribution in [1.29, 1.82) is 0 Å². The van der Waals surface area contributed by atoms with Crippen molar-refractivity contribution in [3.8, 4) is 0 Å². The summed E-state index contributed by atoms with van der Waals surface area (Å²) in [6.45, 7) is 3.95. The maximum absolute atomic E-state index is 14.5. The number of amides is 2. The van der Waals surface area contributed by atoms with Gasteiger partial charge in [-0.05, 0) is 62.9 Å². The number of carbonyl (C=O) groups is 2. The first-order chi connectivity index (χ1) is 19.9. The minimum Gasteiger partial charge on any atom is -0.361 e. The van der Waals surface area contributed by atoms with Crippen molar-refractivity contribution in [2.45, 2.75) is 82.1 Å². The lowest BCUT2D eigenvalue weighted by Gasteiger charge is -2.36. The first-order valence-corrected chi connectivity index (χ1v) is 15.1. The zero-order chi connectivity index (χ0) is 28.7. The summed E-state index contributed by atoms with van der Waals surface area (Å²) in [4.78, 5) is 40.0. The van der Waals surface area contributed by atoms with Crippen LogP contribution in [0.2, 0.25) is 0 Å². The Morgan fingerprint density at radius 1 is 1.20 bits per heavy atom. The summed E-state index contributed by atoms with van der Waals surface area (Å²) in [5, 5.41) is 7.18. The molecule has 0 spiro atoms. The monoisotopic (exact) mass is 563 g/mol. The minimum absolute atomic E-state index is 0.0378. The third-order valence-electron chi connectivity index (χ3n) is 9.87. The van der Waals surface area contributed by atoms with E-state index in [9.17, 15) is 14.0 Å². The van der Waals surface area contributed by atoms with Gasteiger partial charge >= 0.3 is 0 Å². The molecule has 2 aliphatic heterocycles. The number of imidazole rings is 1. The fraction of sp³-hybridized carbons (Fsp3) is 0.581. The molecule has 0 bridgehead atoms. The Kier molecular flexibility index (Phi) is 7.87. The van der Waals surface area contributed by atoms with Gasteiger partial charge in [-0.1, -0.05) is 19.3 Å². The van der Waals surface area contributed by atoms with Crippen LogP contribution in [0.5, 0.6) is 0 Å². The highest BCUT2D eigenvalue weighted by molar-refractivity contribution is 5.90. The van der Waals surface area contributed by atoms with Gasteiger partial charge in [0.25, 0.3) is 0 Å². The SMILES string of the molecule is CNC(C)C(=O)NC(C(=O)N1CCC2C1C(c1c[nH]c3cc(F)ccc13)CN2Cc1nccn1C)C1CCCCC1. The molecule has 2 amide bonds. The maximum Gasteiger partial charge on any atom is 0.245 e. The molecule has 2 aromatic heterocycles. The molecule has 5 unspecified atom stereocenters. The Labute approximate surface area is 240 Å². The Morgan fingerprint density at radius 3 is 2.73 bits per heavy atom. The number of aromatic amines is 1. The third kappa shape index (κ3) is 5.28. The second kappa shape index (κ2) is 11.6. The average molecular weight is 564 g/mol. The molecule has 220 valence electrons. The topological polar surface area (TPSA) is 98.3 Å².